The topological polar surface area (TPSA) is 16.4 Å². The van der Waals surface area contributed by atoms with E-state index in [9.17, 15) is 0 Å². The molecule has 0 amide bonds. The average Bonchev–Trinajstić information content (AvgIpc) is 3.53. The molecule has 0 radical (unpaired) electrons. The van der Waals surface area contributed by atoms with E-state index in [1.807, 2.05) is 0 Å². The van der Waals surface area contributed by atoms with E-state index in [1.165, 1.54) is 43.8 Å². The van der Waals surface area contributed by atoms with Crippen LogP contribution in [0.3, 0.4) is 0 Å². The number of aryl methyl sites for hydroxylation is 1. The fraction of sp³-hybridized carbons (Fsp3) is 0.0222. The lowest BCUT2D eigenvalue weighted by Gasteiger charge is -2.26. The lowest BCUT2D eigenvalue weighted by atomic mass is 9.93. The zero-order valence-electron chi connectivity index (χ0n) is 26.0. The van der Waals surface area contributed by atoms with Crippen molar-refractivity contribution in [1.29, 1.82) is 0 Å². The summed E-state index contributed by atoms with van der Waals surface area (Å²) >= 11 is 0. The summed E-state index contributed by atoms with van der Waals surface area (Å²) in [5.41, 5.74) is 10.9. The number of furan rings is 1. The van der Waals surface area contributed by atoms with Gasteiger partial charge < -0.3 is 9.32 Å². The highest BCUT2D eigenvalue weighted by atomic mass is 16.3. The van der Waals surface area contributed by atoms with Gasteiger partial charge in [-0.3, -0.25) is 0 Å². The lowest BCUT2D eigenvalue weighted by Crippen LogP contribution is -2.10. The Morgan fingerprint density at radius 2 is 0.957 bits per heavy atom. The maximum absolute atomic E-state index is 6.67. The van der Waals surface area contributed by atoms with E-state index in [2.05, 4.69) is 182 Å². The van der Waals surface area contributed by atoms with Crippen molar-refractivity contribution in [3.63, 3.8) is 0 Å². The number of nitrogens with zero attached hydrogens (tertiary/aromatic N) is 1. The van der Waals surface area contributed by atoms with Gasteiger partial charge in [0.15, 0.2) is 5.58 Å². The highest BCUT2D eigenvalue weighted by Gasteiger charge is 2.20. The van der Waals surface area contributed by atoms with Gasteiger partial charge in [-0.15, -0.1) is 0 Å². The monoisotopic (exact) mass is 601 g/mol. The molecule has 0 N–H and O–H groups in total. The minimum Gasteiger partial charge on any atom is -0.454 e. The Balaban J connectivity index is 1.22. The molecule has 0 atom stereocenters. The summed E-state index contributed by atoms with van der Waals surface area (Å²) in [5, 5.41) is 7.32. The van der Waals surface area contributed by atoms with E-state index < -0.39 is 0 Å². The summed E-state index contributed by atoms with van der Waals surface area (Å²) in [4.78, 5) is 2.32. The van der Waals surface area contributed by atoms with Crippen molar-refractivity contribution in [2.24, 2.45) is 0 Å². The summed E-state index contributed by atoms with van der Waals surface area (Å²) in [6, 6.07) is 60.8. The summed E-state index contributed by atoms with van der Waals surface area (Å²) < 4.78 is 6.67. The number of hydrogen-bond donors (Lipinski definition) is 0. The van der Waals surface area contributed by atoms with E-state index in [-0.39, 0.29) is 0 Å². The van der Waals surface area contributed by atoms with E-state index >= 15 is 0 Å². The third-order valence-corrected chi connectivity index (χ3v) is 9.38. The van der Waals surface area contributed by atoms with Crippen molar-refractivity contribution in [3.05, 3.63) is 175 Å². The Bertz CT molecular complexity index is 2560. The number of hydrogen-bond acceptors (Lipinski definition) is 2. The van der Waals surface area contributed by atoms with E-state index in [0.29, 0.717) is 0 Å². The quantitative estimate of drug-likeness (QED) is 0.182. The minimum absolute atomic E-state index is 0.883. The van der Waals surface area contributed by atoms with Crippen LogP contribution in [0.1, 0.15) is 5.56 Å². The smallest absolute Gasteiger partial charge is 0.159 e. The van der Waals surface area contributed by atoms with Crippen molar-refractivity contribution in [2.75, 3.05) is 4.90 Å². The highest BCUT2D eigenvalue weighted by Crippen LogP contribution is 2.44. The van der Waals surface area contributed by atoms with Crippen molar-refractivity contribution in [3.8, 4) is 22.3 Å². The average molecular weight is 602 g/mol. The molecule has 2 heteroatoms. The van der Waals surface area contributed by atoms with Gasteiger partial charge in [-0.1, -0.05) is 133 Å². The van der Waals surface area contributed by atoms with E-state index in [4.69, 9.17) is 4.42 Å². The van der Waals surface area contributed by atoms with Gasteiger partial charge in [0.2, 0.25) is 0 Å². The van der Waals surface area contributed by atoms with Gasteiger partial charge in [-0.25, -0.2) is 0 Å². The van der Waals surface area contributed by atoms with Gasteiger partial charge in [-0.05, 0) is 92.7 Å². The number of para-hydroxylation sites is 2. The molecule has 0 saturated carbocycles. The first-order valence-electron chi connectivity index (χ1n) is 16.1. The van der Waals surface area contributed by atoms with Crippen molar-refractivity contribution in [2.45, 2.75) is 6.92 Å². The van der Waals surface area contributed by atoms with Gasteiger partial charge in [-0.2, -0.15) is 0 Å². The Hall–Kier alpha value is -6.12. The largest absolute Gasteiger partial charge is 0.454 e. The zero-order valence-corrected chi connectivity index (χ0v) is 26.0. The van der Waals surface area contributed by atoms with Gasteiger partial charge in [0.05, 0.1) is 5.69 Å². The normalized spacial score (nSPS) is 11.5. The van der Waals surface area contributed by atoms with Crippen molar-refractivity contribution < 1.29 is 4.42 Å². The first-order valence-corrected chi connectivity index (χ1v) is 16.1. The van der Waals surface area contributed by atoms with Crippen molar-refractivity contribution in [1.82, 2.24) is 0 Å². The molecule has 0 fully saturated rings. The van der Waals surface area contributed by atoms with Crippen LogP contribution in [0.2, 0.25) is 0 Å². The maximum atomic E-state index is 6.67. The molecular formula is C45H31NO. The van der Waals surface area contributed by atoms with E-state index in [1.54, 1.807) is 0 Å². The van der Waals surface area contributed by atoms with Crippen LogP contribution in [0, 0.1) is 6.92 Å². The molecule has 9 aromatic rings. The first-order chi connectivity index (χ1) is 23.2. The first kappa shape index (κ1) is 27.2. The predicted molar refractivity (Wildman–Crippen MR) is 199 cm³/mol. The van der Waals surface area contributed by atoms with Crippen molar-refractivity contribution >= 4 is 60.5 Å². The molecule has 8 aromatic carbocycles. The van der Waals surface area contributed by atoms with Gasteiger partial charge in [0.25, 0.3) is 0 Å². The number of rotatable bonds is 5. The predicted octanol–water partition coefficient (Wildman–Crippen LogP) is 13.0. The molecule has 0 saturated heterocycles. The number of fused-ring (bicyclic) bond motifs is 6. The van der Waals surface area contributed by atoms with E-state index in [0.717, 1.165) is 44.6 Å². The Kier molecular flexibility index (Phi) is 6.39. The Morgan fingerprint density at radius 3 is 1.70 bits per heavy atom. The third-order valence-electron chi connectivity index (χ3n) is 9.38. The molecule has 0 aliphatic heterocycles. The SMILES string of the molecule is Cc1cccc2c1oc1c(N(c3ccc(-c4ccccc4)cc3)c3ccc(-c4cc5ccccc5c5ccccc45)cc3)cccc12. The molecule has 1 heterocycles. The van der Waals surface area contributed by atoms with Crippen LogP contribution in [0.25, 0.3) is 65.7 Å². The fourth-order valence-corrected chi connectivity index (χ4v) is 7.07. The van der Waals surface area contributed by atoms with Gasteiger partial charge in [0.1, 0.15) is 5.58 Å². The number of anilines is 3. The molecule has 0 aliphatic carbocycles. The van der Waals surface area contributed by atoms with Crippen LogP contribution in [0.5, 0.6) is 0 Å². The molecule has 0 bridgehead atoms. The Labute approximate surface area is 273 Å². The molecule has 0 unspecified atom stereocenters. The van der Waals surface area contributed by atoms with Crippen LogP contribution < -0.4 is 4.90 Å². The summed E-state index contributed by atoms with van der Waals surface area (Å²) in [5.74, 6) is 0. The van der Waals surface area contributed by atoms with Gasteiger partial charge in [0, 0.05) is 22.1 Å². The van der Waals surface area contributed by atoms with Crippen LogP contribution in [-0.2, 0) is 0 Å². The number of benzene rings is 8. The third kappa shape index (κ3) is 4.57. The molecule has 222 valence electrons. The summed E-state index contributed by atoms with van der Waals surface area (Å²) in [6.07, 6.45) is 0. The summed E-state index contributed by atoms with van der Waals surface area (Å²) in [7, 11) is 0. The standard InChI is InChI=1S/C45H31NO/c1-30-11-9-18-40-41-19-10-20-43(45(41)47-44(30)40)46(35-25-21-32(22-26-35)31-12-3-2-4-13-31)36-27-23-33(24-28-36)42-29-34-14-5-6-15-37(34)38-16-7-8-17-39(38)42/h2-29H,1H3. The van der Waals surface area contributed by atoms with Crippen LogP contribution in [0.4, 0.5) is 17.1 Å². The fourth-order valence-electron chi connectivity index (χ4n) is 7.07. The van der Waals surface area contributed by atoms with Crippen LogP contribution in [0.15, 0.2) is 174 Å². The molecule has 0 spiro atoms. The second-order valence-corrected chi connectivity index (χ2v) is 12.2. The Morgan fingerprint density at radius 1 is 0.404 bits per heavy atom. The zero-order chi connectivity index (χ0) is 31.3. The molecule has 1 aromatic heterocycles. The second-order valence-electron chi connectivity index (χ2n) is 12.2. The molecule has 0 aliphatic rings. The van der Waals surface area contributed by atoms with Crippen LogP contribution in [-0.4, -0.2) is 0 Å². The lowest BCUT2D eigenvalue weighted by molar-refractivity contribution is 0.666. The molecule has 9 rings (SSSR count). The summed E-state index contributed by atoms with van der Waals surface area (Å²) in [6.45, 7) is 2.11. The van der Waals surface area contributed by atoms with Crippen LogP contribution >= 0.6 is 0 Å². The minimum atomic E-state index is 0.883. The van der Waals surface area contributed by atoms with Gasteiger partial charge >= 0.3 is 0 Å². The maximum Gasteiger partial charge on any atom is 0.159 e. The molecule has 47 heavy (non-hydrogen) atoms. The molecular weight excluding hydrogens is 571 g/mol. The second kappa shape index (κ2) is 11.0. The molecule has 2 nitrogen and oxygen atoms in total. The highest BCUT2D eigenvalue weighted by molar-refractivity contribution is 6.14.